The van der Waals surface area contributed by atoms with Crippen LogP contribution in [0.15, 0.2) is 55.2 Å². The molecule has 0 saturated heterocycles. The fraction of sp³-hybridized carbons (Fsp3) is 0.238. The summed E-state index contributed by atoms with van der Waals surface area (Å²) >= 11 is 0. The van der Waals surface area contributed by atoms with Crippen LogP contribution in [0.5, 0.6) is 0 Å². The summed E-state index contributed by atoms with van der Waals surface area (Å²) in [5.41, 5.74) is 9.79. The minimum atomic E-state index is -0.456. The van der Waals surface area contributed by atoms with Crippen molar-refractivity contribution < 1.29 is 0 Å². The molecule has 0 aliphatic rings. The fourth-order valence-electron chi connectivity index (χ4n) is 2.84. The van der Waals surface area contributed by atoms with E-state index in [1.165, 1.54) is 6.33 Å². The molecule has 3 rings (SSSR count). The SMILES string of the molecule is CCC(N)(CC)c1cncnc1-c1cnc(/C=C\c2ccccc2)nc1. The maximum Gasteiger partial charge on any atom is 0.151 e. The second-order valence-electron chi connectivity index (χ2n) is 6.22. The number of hydrogen-bond acceptors (Lipinski definition) is 5. The van der Waals surface area contributed by atoms with Gasteiger partial charge in [0.25, 0.3) is 0 Å². The van der Waals surface area contributed by atoms with E-state index >= 15 is 0 Å². The molecule has 132 valence electrons. The third kappa shape index (κ3) is 3.83. The molecule has 0 radical (unpaired) electrons. The molecule has 0 bridgehead atoms. The molecular weight excluding hydrogens is 322 g/mol. The number of rotatable bonds is 6. The average molecular weight is 345 g/mol. The van der Waals surface area contributed by atoms with Crippen LogP contribution in [0.3, 0.4) is 0 Å². The number of nitrogens with two attached hydrogens (primary N) is 1. The van der Waals surface area contributed by atoms with E-state index in [1.54, 1.807) is 18.6 Å². The lowest BCUT2D eigenvalue weighted by Crippen LogP contribution is -2.36. The fourth-order valence-corrected chi connectivity index (χ4v) is 2.84. The molecular formula is C21H23N5. The largest absolute Gasteiger partial charge is 0.321 e. The molecule has 0 fully saturated rings. The van der Waals surface area contributed by atoms with Gasteiger partial charge in [-0.25, -0.2) is 19.9 Å². The van der Waals surface area contributed by atoms with Crippen molar-refractivity contribution in [3.63, 3.8) is 0 Å². The van der Waals surface area contributed by atoms with Crippen molar-refractivity contribution in [2.75, 3.05) is 0 Å². The van der Waals surface area contributed by atoms with Gasteiger partial charge >= 0.3 is 0 Å². The summed E-state index contributed by atoms with van der Waals surface area (Å²) in [5, 5.41) is 0. The summed E-state index contributed by atoms with van der Waals surface area (Å²) in [6.45, 7) is 4.16. The highest BCUT2D eigenvalue weighted by Crippen LogP contribution is 2.32. The number of aromatic nitrogens is 4. The van der Waals surface area contributed by atoms with Gasteiger partial charge in [0.15, 0.2) is 5.82 Å². The van der Waals surface area contributed by atoms with Crippen LogP contribution in [0.4, 0.5) is 0 Å². The molecule has 2 heterocycles. The summed E-state index contributed by atoms with van der Waals surface area (Å²) in [5.74, 6) is 0.651. The maximum atomic E-state index is 6.57. The molecule has 0 saturated carbocycles. The third-order valence-corrected chi connectivity index (χ3v) is 4.68. The minimum Gasteiger partial charge on any atom is -0.321 e. The molecule has 2 aromatic heterocycles. The highest BCUT2D eigenvalue weighted by atomic mass is 14.9. The van der Waals surface area contributed by atoms with E-state index < -0.39 is 5.54 Å². The van der Waals surface area contributed by atoms with Gasteiger partial charge in [-0.1, -0.05) is 50.3 Å². The van der Waals surface area contributed by atoms with Crippen LogP contribution >= 0.6 is 0 Å². The Labute approximate surface area is 154 Å². The second kappa shape index (κ2) is 7.97. The molecule has 0 unspecified atom stereocenters. The van der Waals surface area contributed by atoms with Crippen molar-refractivity contribution in [1.82, 2.24) is 19.9 Å². The average Bonchev–Trinajstić information content (AvgIpc) is 2.73. The quantitative estimate of drug-likeness (QED) is 0.728. The summed E-state index contributed by atoms with van der Waals surface area (Å²) in [4.78, 5) is 17.5. The van der Waals surface area contributed by atoms with Gasteiger partial charge in [-0.3, -0.25) is 0 Å². The van der Waals surface area contributed by atoms with E-state index in [0.717, 1.165) is 35.2 Å². The highest BCUT2D eigenvalue weighted by molar-refractivity contribution is 5.67. The molecule has 0 spiro atoms. The zero-order valence-corrected chi connectivity index (χ0v) is 15.1. The van der Waals surface area contributed by atoms with E-state index in [-0.39, 0.29) is 0 Å². The van der Waals surface area contributed by atoms with Gasteiger partial charge in [0.05, 0.1) is 5.69 Å². The zero-order chi connectivity index (χ0) is 18.4. The van der Waals surface area contributed by atoms with Gasteiger partial charge in [0.1, 0.15) is 6.33 Å². The molecule has 3 aromatic rings. The van der Waals surface area contributed by atoms with Crippen LogP contribution in [0.2, 0.25) is 0 Å². The first-order valence-electron chi connectivity index (χ1n) is 8.81. The smallest absolute Gasteiger partial charge is 0.151 e. The van der Waals surface area contributed by atoms with Crippen LogP contribution in [0.1, 0.15) is 43.6 Å². The van der Waals surface area contributed by atoms with Crippen molar-refractivity contribution in [3.8, 4) is 11.3 Å². The second-order valence-corrected chi connectivity index (χ2v) is 6.22. The van der Waals surface area contributed by atoms with Crippen molar-refractivity contribution in [2.45, 2.75) is 32.2 Å². The topological polar surface area (TPSA) is 77.6 Å². The summed E-state index contributed by atoms with van der Waals surface area (Å²) in [6, 6.07) is 10.1. The van der Waals surface area contributed by atoms with E-state index in [1.807, 2.05) is 42.5 Å². The maximum absolute atomic E-state index is 6.57. The summed E-state index contributed by atoms with van der Waals surface area (Å²) in [7, 11) is 0. The lowest BCUT2D eigenvalue weighted by Gasteiger charge is -2.28. The Hall–Kier alpha value is -2.92. The number of benzene rings is 1. The third-order valence-electron chi connectivity index (χ3n) is 4.68. The van der Waals surface area contributed by atoms with Crippen LogP contribution < -0.4 is 5.73 Å². The van der Waals surface area contributed by atoms with Gasteiger partial charge < -0.3 is 5.73 Å². The lowest BCUT2D eigenvalue weighted by atomic mass is 9.84. The van der Waals surface area contributed by atoms with E-state index in [9.17, 15) is 0 Å². The first-order chi connectivity index (χ1) is 12.7. The van der Waals surface area contributed by atoms with Gasteiger partial charge in [-0.2, -0.15) is 0 Å². The van der Waals surface area contributed by atoms with Crippen molar-refractivity contribution >= 4 is 12.2 Å². The van der Waals surface area contributed by atoms with Crippen molar-refractivity contribution in [1.29, 1.82) is 0 Å². The first kappa shape index (κ1) is 17.9. The standard InChI is InChI=1S/C21H23N5/c1-3-21(22,4-2)18-14-23-15-26-20(18)17-12-24-19(25-13-17)11-10-16-8-6-5-7-9-16/h5-15H,3-4,22H2,1-2H3/b11-10-. The Morgan fingerprint density at radius 3 is 2.27 bits per heavy atom. The minimum absolute atomic E-state index is 0.456. The normalized spacial score (nSPS) is 11.8. The lowest BCUT2D eigenvalue weighted by molar-refractivity contribution is 0.411. The van der Waals surface area contributed by atoms with Crippen LogP contribution in [-0.4, -0.2) is 19.9 Å². The van der Waals surface area contributed by atoms with E-state index in [0.29, 0.717) is 5.82 Å². The van der Waals surface area contributed by atoms with Gasteiger partial charge in [0.2, 0.25) is 0 Å². The first-order valence-corrected chi connectivity index (χ1v) is 8.81. The monoisotopic (exact) mass is 345 g/mol. The van der Waals surface area contributed by atoms with Crippen molar-refractivity contribution in [3.05, 3.63) is 72.2 Å². The van der Waals surface area contributed by atoms with Crippen LogP contribution in [-0.2, 0) is 5.54 Å². The predicted molar refractivity (Wildman–Crippen MR) is 105 cm³/mol. The molecule has 5 nitrogen and oxygen atoms in total. The van der Waals surface area contributed by atoms with Gasteiger partial charge in [0, 0.05) is 35.3 Å². The molecule has 0 amide bonds. The number of hydrogen-bond donors (Lipinski definition) is 1. The Morgan fingerprint density at radius 2 is 1.62 bits per heavy atom. The molecule has 1 aromatic carbocycles. The Balaban J connectivity index is 1.89. The van der Waals surface area contributed by atoms with Gasteiger partial charge in [-0.15, -0.1) is 0 Å². The van der Waals surface area contributed by atoms with E-state index in [4.69, 9.17) is 5.73 Å². The van der Waals surface area contributed by atoms with E-state index in [2.05, 4.69) is 33.8 Å². The molecule has 0 aliphatic heterocycles. The van der Waals surface area contributed by atoms with Gasteiger partial charge in [-0.05, 0) is 24.5 Å². The summed E-state index contributed by atoms with van der Waals surface area (Å²) < 4.78 is 0. The molecule has 5 heteroatoms. The predicted octanol–water partition coefficient (Wildman–Crippen LogP) is 4.08. The van der Waals surface area contributed by atoms with Crippen LogP contribution in [0, 0.1) is 0 Å². The molecule has 0 aliphatic carbocycles. The zero-order valence-electron chi connectivity index (χ0n) is 15.1. The summed E-state index contributed by atoms with van der Waals surface area (Å²) in [6.07, 6.45) is 12.4. The highest BCUT2D eigenvalue weighted by Gasteiger charge is 2.27. The molecule has 26 heavy (non-hydrogen) atoms. The number of nitrogens with zero attached hydrogens (tertiary/aromatic N) is 4. The Kier molecular flexibility index (Phi) is 5.49. The molecule has 0 atom stereocenters. The van der Waals surface area contributed by atoms with Crippen LogP contribution in [0.25, 0.3) is 23.4 Å². The molecule has 2 N–H and O–H groups in total. The Bertz CT molecular complexity index is 868. The Morgan fingerprint density at radius 1 is 0.923 bits per heavy atom. The van der Waals surface area contributed by atoms with Crippen molar-refractivity contribution in [2.24, 2.45) is 5.73 Å².